The van der Waals surface area contributed by atoms with Crippen LogP contribution in [0, 0.1) is 5.92 Å². The maximum absolute atomic E-state index is 12.4. The average Bonchev–Trinajstić information content (AvgIpc) is 2.44. The Morgan fingerprint density at radius 2 is 2.14 bits per heavy atom. The highest BCUT2D eigenvalue weighted by molar-refractivity contribution is 7.89. The highest BCUT2D eigenvalue weighted by Crippen LogP contribution is 2.21. The molecule has 0 amide bonds. The van der Waals surface area contributed by atoms with Gasteiger partial charge in [0.1, 0.15) is 0 Å². The normalized spacial score (nSPS) is 13.2. The van der Waals surface area contributed by atoms with E-state index >= 15 is 0 Å². The zero-order valence-electron chi connectivity index (χ0n) is 11.5. The van der Waals surface area contributed by atoms with Crippen LogP contribution in [0.2, 0.25) is 0 Å². The zero-order chi connectivity index (χ0) is 15.5. The molecule has 0 aliphatic rings. The second kappa shape index (κ2) is 6.19. The Bertz CT molecular complexity index is 753. The first-order chi connectivity index (χ1) is 9.90. The van der Waals surface area contributed by atoms with Crippen molar-refractivity contribution in [3.63, 3.8) is 0 Å². The van der Waals surface area contributed by atoms with Crippen molar-refractivity contribution in [2.75, 3.05) is 6.54 Å². The lowest BCUT2D eigenvalue weighted by Gasteiger charge is -2.12. The van der Waals surface area contributed by atoms with Crippen molar-refractivity contribution in [2.45, 2.75) is 18.2 Å². The molecule has 0 fully saturated rings. The van der Waals surface area contributed by atoms with Gasteiger partial charge in [0.25, 0.3) is 0 Å². The number of carbonyl (C=O) groups is 1. The summed E-state index contributed by atoms with van der Waals surface area (Å²) in [7, 11) is -3.69. The highest BCUT2D eigenvalue weighted by atomic mass is 32.2. The summed E-state index contributed by atoms with van der Waals surface area (Å²) in [6, 6.07) is 6.60. The van der Waals surface area contributed by atoms with E-state index in [2.05, 4.69) is 9.71 Å². The fourth-order valence-corrected chi connectivity index (χ4v) is 3.42. The van der Waals surface area contributed by atoms with Crippen LogP contribution in [0.3, 0.4) is 0 Å². The fraction of sp³-hybridized carbons (Fsp3) is 0.286. The fourth-order valence-electron chi connectivity index (χ4n) is 2.03. The largest absolute Gasteiger partial charge is 0.481 e. The molecule has 1 heterocycles. The molecular formula is C14H16N2O4S. The van der Waals surface area contributed by atoms with Crippen LogP contribution in [0.1, 0.15) is 13.3 Å². The second-order valence-electron chi connectivity index (χ2n) is 4.91. The SMILES string of the molecule is CC(CNS(=O)(=O)c1cccc2cnccc12)CC(=O)O. The topological polar surface area (TPSA) is 96.4 Å². The molecule has 2 aromatic rings. The summed E-state index contributed by atoms with van der Waals surface area (Å²) in [6.45, 7) is 1.76. The van der Waals surface area contributed by atoms with Crippen molar-refractivity contribution in [3.05, 3.63) is 36.7 Å². The molecule has 0 aliphatic carbocycles. The van der Waals surface area contributed by atoms with Crippen LogP contribution >= 0.6 is 0 Å². The number of fused-ring (bicyclic) bond motifs is 1. The molecule has 1 atom stereocenters. The number of nitrogens with one attached hydrogen (secondary N) is 1. The first-order valence-electron chi connectivity index (χ1n) is 6.44. The molecule has 0 saturated carbocycles. The Morgan fingerprint density at radius 3 is 2.86 bits per heavy atom. The van der Waals surface area contributed by atoms with Gasteiger partial charge >= 0.3 is 5.97 Å². The number of hydrogen-bond donors (Lipinski definition) is 2. The van der Waals surface area contributed by atoms with Gasteiger partial charge in [-0.2, -0.15) is 0 Å². The molecular weight excluding hydrogens is 292 g/mol. The number of hydrogen-bond acceptors (Lipinski definition) is 4. The minimum absolute atomic E-state index is 0.0795. The van der Waals surface area contributed by atoms with Gasteiger partial charge in [-0.1, -0.05) is 19.1 Å². The predicted octanol–water partition coefficient (Wildman–Crippen LogP) is 1.62. The summed E-state index contributed by atoms with van der Waals surface area (Å²) in [5.41, 5.74) is 0. The molecule has 0 bridgehead atoms. The lowest BCUT2D eigenvalue weighted by Crippen LogP contribution is -2.29. The van der Waals surface area contributed by atoms with E-state index in [1.165, 1.54) is 12.3 Å². The Kier molecular flexibility index (Phi) is 4.54. The maximum atomic E-state index is 12.4. The van der Waals surface area contributed by atoms with Crippen molar-refractivity contribution in [2.24, 2.45) is 5.92 Å². The second-order valence-corrected chi connectivity index (χ2v) is 6.64. The number of benzene rings is 1. The molecule has 2 rings (SSSR count). The van der Waals surface area contributed by atoms with Gasteiger partial charge in [-0.15, -0.1) is 0 Å². The number of sulfonamides is 1. The van der Waals surface area contributed by atoms with Gasteiger partial charge in [0.05, 0.1) is 4.90 Å². The van der Waals surface area contributed by atoms with Crippen LogP contribution in [0.4, 0.5) is 0 Å². The number of pyridine rings is 1. The third-order valence-electron chi connectivity index (χ3n) is 3.08. The first kappa shape index (κ1) is 15.4. The van der Waals surface area contributed by atoms with Crippen LogP contribution in [-0.2, 0) is 14.8 Å². The van der Waals surface area contributed by atoms with Gasteiger partial charge in [0.2, 0.25) is 10.0 Å². The minimum Gasteiger partial charge on any atom is -0.481 e. The van der Waals surface area contributed by atoms with E-state index in [1.54, 1.807) is 31.3 Å². The highest BCUT2D eigenvalue weighted by Gasteiger charge is 2.18. The number of aliphatic carboxylic acids is 1. The van der Waals surface area contributed by atoms with E-state index < -0.39 is 16.0 Å². The average molecular weight is 308 g/mol. The van der Waals surface area contributed by atoms with E-state index in [-0.39, 0.29) is 23.8 Å². The van der Waals surface area contributed by atoms with Crippen LogP contribution < -0.4 is 4.72 Å². The molecule has 7 heteroatoms. The Morgan fingerprint density at radius 1 is 1.38 bits per heavy atom. The van der Waals surface area contributed by atoms with Crippen molar-refractivity contribution in [3.8, 4) is 0 Å². The maximum Gasteiger partial charge on any atom is 0.303 e. The third kappa shape index (κ3) is 3.77. The number of nitrogens with zero attached hydrogens (tertiary/aromatic N) is 1. The molecule has 2 N–H and O–H groups in total. The van der Waals surface area contributed by atoms with Crippen molar-refractivity contribution in [1.82, 2.24) is 9.71 Å². The summed E-state index contributed by atoms with van der Waals surface area (Å²) in [5, 5.41) is 10.0. The van der Waals surface area contributed by atoms with Crippen LogP contribution in [0.25, 0.3) is 10.8 Å². The van der Waals surface area contributed by atoms with Crippen LogP contribution in [0.5, 0.6) is 0 Å². The lowest BCUT2D eigenvalue weighted by molar-refractivity contribution is -0.137. The molecule has 6 nitrogen and oxygen atoms in total. The van der Waals surface area contributed by atoms with E-state index in [0.29, 0.717) is 5.39 Å². The number of carboxylic acids is 1. The minimum atomic E-state index is -3.69. The summed E-state index contributed by atoms with van der Waals surface area (Å²) >= 11 is 0. The molecule has 112 valence electrons. The molecule has 1 aromatic carbocycles. The lowest BCUT2D eigenvalue weighted by atomic mass is 10.1. The monoisotopic (exact) mass is 308 g/mol. The molecule has 21 heavy (non-hydrogen) atoms. The Hall–Kier alpha value is -1.99. The van der Waals surface area contributed by atoms with E-state index in [0.717, 1.165) is 5.39 Å². The first-order valence-corrected chi connectivity index (χ1v) is 7.92. The van der Waals surface area contributed by atoms with E-state index in [4.69, 9.17) is 5.11 Å². The summed E-state index contributed by atoms with van der Waals surface area (Å²) < 4.78 is 27.2. The predicted molar refractivity (Wildman–Crippen MR) is 78.3 cm³/mol. The van der Waals surface area contributed by atoms with Crippen molar-refractivity contribution in [1.29, 1.82) is 0 Å². The standard InChI is InChI=1S/C14H16N2O4S/c1-10(7-14(17)18)8-16-21(19,20)13-4-2-3-11-9-15-6-5-12(11)13/h2-6,9-10,16H,7-8H2,1H3,(H,17,18). The quantitative estimate of drug-likeness (QED) is 0.845. The van der Waals surface area contributed by atoms with Gasteiger partial charge in [-0.05, 0) is 18.1 Å². The van der Waals surface area contributed by atoms with Crippen molar-refractivity contribution < 1.29 is 18.3 Å². The number of rotatable bonds is 6. The smallest absolute Gasteiger partial charge is 0.303 e. The summed E-state index contributed by atoms with van der Waals surface area (Å²) in [4.78, 5) is 14.7. The van der Waals surface area contributed by atoms with Gasteiger partial charge in [-0.25, -0.2) is 13.1 Å². The van der Waals surface area contributed by atoms with E-state index in [1.807, 2.05) is 0 Å². The molecule has 1 unspecified atom stereocenters. The Labute approximate surface area is 122 Å². The van der Waals surface area contributed by atoms with Gasteiger partial charge in [0, 0.05) is 36.1 Å². The van der Waals surface area contributed by atoms with Gasteiger partial charge in [0.15, 0.2) is 0 Å². The molecule has 0 saturated heterocycles. The molecule has 0 spiro atoms. The molecule has 1 aromatic heterocycles. The zero-order valence-corrected chi connectivity index (χ0v) is 12.3. The van der Waals surface area contributed by atoms with Crippen LogP contribution in [0.15, 0.2) is 41.6 Å². The van der Waals surface area contributed by atoms with Gasteiger partial charge < -0.3 is 5.11 Å². The summed E-state index contributed by atoms with van der Waals surface area (Å²) in [6.07, 6.45) is 3.05. The Balaban J connectivity index is 2.24. The van der Waals surface area contributed by atoms with E-state index in [9.17, 15) is 13.2 Å². The molecule has 0 aliphatic heterocycles. The van der Waals surface area contributed by atoms with Crippen molar-refractivity contribution >= 4 is 26.8 Å². The van der Waals surface area contributed by atoms with Gasteiger partial charge in [-0.3, -0.25) is 9.78 Å². The molecule has 0 radical (unpaired) electrons. The number of aromatic nitrogens is 1. The summed E-state index contributed by atoms with van der Waals surface area (Å²) in [5.74, 6) is -1.23. The number of carboxylic acid groups (broad SMARTS) is 1. The third-order valence-corrected chi connectivity index (χ3v) is 4.56. The van der Waals surface area contributed by atoms with Crippen LogP contribution in [-0.4, -0.2) is 31.0 Å².